The zero-order chi connectivity index (χ0) is 25.9. The van der Waals surface area contributed by atoms with Crippen LogP contribution in [-0.2, 0) is 6.42 Å². The Balaban J connectivity index is 1.31. The number of aryl methyl sites for hydroxylation is 2. The highest BCUT2D eigenvalue weighted by molar-refractivity contribution is 6.31. The summed E-state index contributed by atoms with van der Waals surface area (Å²) < 4.78 is 0. The molecule has 1 aliphatic rings. The second kappa shape index (κ2) is 14.5. The number of aliphatic hydroxyl groups is 1. The average Bonchev–Trinajstić information content (AvgIpc) is 2.94. The molecule has 3 heterocycles. The number of pyridine rings is 1. The number of rotatable bonds is 13. The van der Waals surface area contributed by atoms with Crippen molar-refractivity contribution in [1.29, 1.82) is 0 Å². The van der Waals surface area contributed by atoms with Gasteiger partial charge in [0.1, 0.15) is 5.69 Å². The van der Waals surface area contributed by atoms with E-state index >= 15 is 0 Å². The van der Waals surface area contributed by atoms with Crippen molar-refractivity contribution in [3.8, 4) is 11.5 Å². The van der Waals surface area contributed by atoms with Gasteiger partial charge < -0.3 is 15.3 Å². The fourth-order valence-electron chi connectivity index (χ4n) is 4.86. The van der Waals surface area contributed by atoms with E-state index in [2.05, 4.69) is 55.4 Å². The number of benzene rings is 1. The highest BCUT2D eigenvalue weighted by atomic mass is 35.5. The first kappa shape index (κ1) is 27.6. The number of aliphatic hydroxyl groups excluding tert-OH is 1. The van der Waals surface area contributed by atoms with Crippen LogP contribution in [0.3, 0.4) is 0 Å². The molecule has 1 atom stereocenters. The highest BCUT2D eigenvalue weighted by Crippen LogP contribution is 2.26. The lowest BCUT2D eigenvalue weighted by molar-refractivity contribution is 0.111. The van der Waals surface area contributed by atoms with E-state index in [0.29, 0.717) is 10.8 Å². The molecule has 0 amide bonds. The van der Waals surface area contributed by atoms with Crippen molar-refractivity contribution in [2.45, 2.75) is 38.6 Å². The number of hydrogen-bond acceptors (Lipinski definition) is 7. The first-order chi connectivity index (χ1) is 18.1. The number of aromatic nitrogens is 3. The van der Waals surface area contributed by atoms with Gasteiger partial charge in [0.2, 0.25) is 0 Å². The maximum absolute atomic E-state index is 9.12. The lowest BCUT2D eigenvalue weighted by Gasteiger charge is -2.34. The van der Waals surface area contributed by atoms with E-state index in [9.17, 15) is 0 Å². The van der Waals surface area contributed by atoms with E-state index in [-0.39, 0.29) is 12.6 Å². The minimum Gasteiger partial charge on any atom is -0.395 e. The van der Waals surface area contributed by atoms with Crippen LogP contribution in [0.2, 0.25) is 5.02 Å². The molecule has 1 aliphatic heterocycles. The molecule has 7 nitrogen and oxygen atoms in total. The van der Waals surface area contributed by atoms with Crippen LogP contribution in [0.25, 0.3) is 11.5 Å². The van der Waals surface area contributed by atoms with Crippen LogP contribution in [-0.4, -0.2) is 82.3 Å². The lowest BCUT2D eigenvalue weighted by atomic mass is 10.0. The first-order valence-electron chi connectivity index (χ1n) is 13.4. The maximum atomic E-state index is 9.12. The minimum absolute atomic E-state index is 0.230. The first-order valence-corrected chi connectivity index (χ1v) is 13.8. The molecule has 0 bridgehead atoms. The predicted molar refractivity (Wildman–Crippen MR) is 150 cm³/mol. The van der Waals surface area contributed by atoms with Crippen molar-refractivity contribution >= 4 is 11.6 Å². The van der Waals surface area contributed by atoms with Gasteiger partial charge in [-0.25, -0.2) is 9.97 Å². The third kappa shape index (κ3) is 8.28. The molecule has 198 valence electrons. The molecule has 2 N–H and O–H groups in total. The number of halogens is 1. The largest absolute Gasteiger partial charge is 0.395 e. The number of β-amino-alcohol motifs (C(OH)–C–C–N with tert-alkyl or cyclic N) is 1. The van der Waals surface area contributed by atoms with Crippen LogP contribution in [0.1, 0.15) is 42.3 Å². The van der Waals surface area contributed by atoms with Gasteiger partial charge in [0.25, 0.3) is 0 Å². The molecule has 0 saturated carbocycles. The third-order valence-corrected chi connectivity index (χ3v) is 7.52. The van der Waals surface area contributed by atoms with Crippen LogP contribution in [0.5, 0.6) is 0 Å². The second-order valence-electron chi connectivity index (χ2n) is 9.68. The van der Waals surface area contributed by atoms with E-state index in [1.165, 1.54) is 12.0 Å². The summed E-state index contributed by atoms with van der Waals surface area (Å²) >= 11 is 6.64. The SMILES string of the molecule is Cc1nc(-c2ccccn2)nc(CC[C@H](NCCCCN2CCN(CCO)CC2)c2ccccc2)c1Cl. The smallest absolute Gasteiger partial charge is 0.178 e. The molecule has 2 aromatic heterocycles. The molecule has 4 rings (SSSR count). The van der Waals surface area contributed by atoms with Crippen LogP contribution < -0.4 is 5.32 Å². The average molecular weight is 523 g/mol. The number of piperazine rings is 1. The summed E-state index contributed by atoms with van der Waals surface area (Å²) in [7, 11) is 0. The molecule has 1 saturated heterocycles. The Morgan fingerprint density at radius 1 is 0.946 bits per heavy atom. The van der Waals surface area contributed by atoms with Gasteiger partial charge in [0.15, 0.2) is 5.82 Å². The minimum atomic E-state index is 0.230. The van der Waals surface area contributed by atoms with Gasteiger partial charge >= 0.3 is 0 Å². The van der Waals surface area contributed by atoms with Crippen molar-refractivity contribution in [3.05, 3.63) is 76.7 Å². The Labute approximate surface area is 225 Å². The van der Waals surface area contributed by atoms with Crippen molar-refractivity contribution < 1.29 is 5.11 Å². The predicted octanol–water partition coefficient (Wildman–Crippen LogP) is 4.15. The number of nitrogens with zero attached hydrogens (tertiary/aromatic N) is 5. The number of nitrogens with one attached hydrogen (secondary N) is 1. The van der Waals surface area contributed by atoms with E-state index < -0.39 is 0 Å². The number of hydrogen-bond donors (Lipinski definition) is 2. The van der Waals surface area contributed by atoms with Gasteiger partial charge in [0.05, 0.1) is 23.0 Å². The van der Waals surface area contributed by atoms with E-state index in [1.807, 2.05) is 25.1 Å². The number of unbranched alkanes of at least 4 members (excludes halogenated alkanes) is 1. The summed E-state index contributed by atoms with van der Waals surface area (Å²) in [6.07, 6.45) is 5.73. The third-order valence-electron chi connectivity index (χ3n) is 7.02. The Morgan fingerprint density at radius 3 is 2.38 bits per heavy atom. The topological polar surface area (TPSA) is 77.4 Å². The normalized spacial score (nSPS) is 15.6. The summed E-state index contributed by atoms with van der Waals surface area (Å²) in [6, 6.07) is 16.6. The standard InChI is InChI=1S/C29H39ClN6O/c1-23-28(30)26(34-29(33-23)27-11-5-6-14-32-27)13-12-25(24-9-3-2-4-10-24)31-15-7-8-16-35-17-19-36(20-18-35)21-22-37/h2-6,9-11,14,25,31,37H,7-8,12-13,15-22H2,1H3/t25-/m0/s1. The van der Waals surface area contributed by atoms with Gasteiger partial charge in [-0.2, -0.15) is 0 Å². The van der Waals surface area contributed by atoms with Gasteiger partial charge in [-0.05, 0) is 63.4 Å². The van der Waals surface area contributed by atoms with Crippen LogP contribution >= 0.6 is 11.6 Å². The Morgan fingerprint density at radius 2 is 1.68 bits per heavy atom. The van der Waals surface area contributed by atoms with Crippen LogP contribution in [0.15, 0.2) is 54.7 Å². The summed E-state index contributed by atoms with van der Waals surface area (Å²) in [6.45, 7) is 9.39. The summed E-state index contributed by atoms with van der Waals surface area (Å²) in [5, 5.41) is 13.6. The molecular weight excluding hydrogens is 484 g/mol. The van der Waals surface area contributed by atoms with Crippen molar-refractivity contribution in [2.24, 2.45) is 0 Å². The summed E-state index contributed by atoms with van der Waals surface area (Å²) in [4.78, 5) is 18.7. The van der Waals surface area contributed by atoms with E-state index in [0.717, 1.165) is 82.2 Å². The highest BCUT2D eigenvalue weighted by Gasteiger charge is 2.17. The fraction of sp³-hybridized carbons (Fsp3) is 0.483. The van der Waals surface area contributed by atoms with Gasteiger partial charge in [-0.3, -0.25) is 9.88 Å². The van der Waals surface area contributed by atoms with E-state index in [1.54, 1.807) is 6.20 Å². The van der Waals surface area contributed by atoms with Crippen LogP contribution in [0.4, 0.5) is 0 Å². The summed E-state index contributed by atoms with van der Waals surface area (Å²) in [5.74, 6) is 0.624. The Kier molecular flexibility index (Phi) is 10.8. The zero-order valence-corrected chi connectivity index (χ0v) is 22.6. The summed E-state index contributed by atoms with van der Waals surface area (Å²) in [5.41, 5.74) is 3.71. The molecule has 3 aromatic rings. The Hall–Kier alpha value is -2.42. The molecule has 0 spiro atoms. The molecule has 0 unspecified atom stereocenters. The van der Waals surface area contributed by atoms with Gasteiger partial charge in [-0.15, -0.1) is 0 Å². The zero-order valence-electron chi connectivity index (χ0n) is 21.8. The van der Waals surface area contributed by atoms with Gasteiger partial charge in [0, 0.05) is 45.0 Å². The molecule has 8 heteroatoms. The van der Waals surface area contributed by atoms with Crippen molar-refractivity contribution in [2.75, 3.05) is 52.4 Å². The van der Waals surface area contributed by atoms with E-state index in [4.69, 9.17) is 21.7 Å². The molecule has 1 fully saturated rings. The molecule has 0 aliphatic carbocycles. The monoisotopic (exact) mass is 522 g/mol. The quantitative estimate of drug-likeness (QED) is 0.326. The van der Waals surface area contributed by atoms with Crippen molar-refractivity contribution in [1.82, 2.24) is 30.1 Å². The lowest BCUT2D eigenvalue weighted by Crippen LogP contribution is -2.47. The molecular formula is C29H39ClN6O. The molecule has 1 aromatic carbocycles. The maximum Gasteiger partial charge on any atom is 0.178 e. The van der Waals surface area contributed by atoms with Crippen LogP contribution in [0, 0.1) is 6.92 Å². The second-order valence-corrected chi connectivity index (χ2v) is 10.1. The Bertz CT molecular complexity index is 1080. The molecule has 0 radical (unpaired) electrons. The fourth-order valence-corrected chi connectivity index (χ4v) is 5.04. The van der Waals surface area contributed by atoms with Gasteiger partial charge in [-0.1, -0.05) is 48.0 Å². The van der Waals surface area contributed by atoms with Crippen molar-refractivity contribution in [3.63, 3.8) is 0 Å². The molecule has 37 heavy (non-hydrogen) atoms.